The number of imidazole rings is 1. The van der Waals surface area contributed by atoms with E-state index in [2.05, 4.69) is 15.3 Å². The number of hydrogen-bond donors (Lipinski definition) is 2. The molecule has 0 spiro atoms. The van der Waals surface area contributed by atoms with Gasteiger partial charge in [0.2, 0.25) is 11.9 Å². The van der Waals surface area contributed by atoms with E-state index in [1.165, 1.54) is 11.3 Å². The maximum atomic E-state index is 11.2. The number of thiazole rings is 1. The highest BCUT2D eigenvalue weighted by Gasteiger charge is 2.15. The fraction of sp³-hybridized carbons (Fsp3) is 0.182. The molecule has 0 radical (unpaired) electrons. The van der Waals surface area contributed by atoms with Crippen molar-refractivity contribution in [2.75, 3.05) is 11.1 Å². The van der Waals surface area contributed by atoms with Crippen molar-refractivity contribution < 1.29 is 4.79 Å². The number of amides is 1. The van der Waals surface area contributed by atoms with Gasteiger partial charge >= 0.3 is 0 Å². The van der Waals surface area contributed by atoms with Gasteiger partial charge in [0.1, 0.15) is 0 Å². The molecule has 92 valence electrons. The van der Waals surface area contributed by atoms with Gasteiger partial charge in [-0.05, 0) is 12.2 Å². The molecule has 3 rings (SSSR count). The molecule has 7 heteroatoms. The van der Waals surface area contributed by atoms with Gasteiger partial charge in [0.05, 0.1) is 11.4 Å². The number of fused-ring (bicyclic) bond motifs is 1. The number of rotatable bonds is 2. The van der Waals surface area contributed by atoms with Gasteiger partial charge in [-0.2, -0.15) is 0 Å². The van der Waals surface area contributed by atoms with Crippen LogP contribution in [0.5, 0.6) is 0 Å². The zero-order valence-corrected chi connectivity index (χ0v) is 10.3. The number of aromatic nitrogens is 3. The Labute approximate surface area is 107 Å². The molecule has 0 bridgehead atoms. The largest absolute Gasteiger partial charge is 0.375 e. The van der Waals surface area contributed by atoms with Crippen LogP contribution in [0.15, 0.2) is 11.6 Å². The fourth-order valence-corrected chi connectivity index (χ4v) is 2.27. The fourth-order valence-electron chi connectivity index (χ4n) is 1.74. The van der Waals surface area contributed by atoms with E-state index in [1.54, 1.807) is 0 Å². The van der Waals surface area contributed by atoms with Crippen LogP contribution in [-0.4, -0.2) is 20.4 Å². The van der Waals surface area contributed by atoms with E-state index in [-0.39, 0.29) is 5.91 Å². The lowest BCUT2D eigenvalue weighted by molar-refractivity contribution is -0.116. The van der Waals surface area contributed by atoms with E-state index in [1.807, 2.05) is 28.3 Å². The Morgan fingerprint density at radius 2 is 2.22 bits per heavy atom. The summed E-state index contributed by atoms with van der Waals surface area (Å²) in [5, 5.41) is 5.15. The summed E-state index contributed by atoms with van der Waals surface area (Å²) in [7, 11) is 0. The van der Waals surface area contributed by atoms with Gasteiger partial charge < -0.3 is 10.3 Å². The van der Waals surface area contributed by atoms with Gasteiger partial charge in [-0.15, -0.1) is 11.3 Å². The summed E-state index contributed by atoms with van der Waals surface area (Å²) in [4.78, 5) is 19.6. The van der Waals surface area contributed by atoms with Crippen molar-refractivity contribution in [1.29, 1.82) is 0 Å². The van der Waals surface area contributed by atoms with Gasteiger partial charge in [0.25, 0.3) is 0 Å². The Bertz CT molecular complexity index is 627. The van der Waals surface area contributed by atoms with E-state index >= 15 is 0 Å². The lowest BCUT2D eigenvalue weighted by atomic mass is 10.3. The molecule has 0 fully saturated rings. The smallest absolute Gasteiger partial charge is 0.228 e. The maximum absolute atomic E-state index is 11.2. The van der Waals surface area contributed by atoms with Crippen molar-refractivity contribution in [2.45, 2.75) is 13.0 Å². The first kappa shape index (κ1) is 11.0. The molecular formula is C11H11N5OS. The minimum atomic E-state index is 0.0101. The van der Waals surface area contributed by atoms with Crippen molar-refractivity contribution >= 4 is 40.5 Å². The SMILES string of the molecule is Nc1nc(/C=C/c2cn3c(n2)NC(=O)CC3)cs1. The van der Waals surface area contributed by atoms with Crippen LogP contribution in [0, 0.1) is 0 Å². The van der Waals surface area contributed by atoms with Gasteiger partial charge in [-0.1, -0.05) is 0 Å². The number of anilines is 2. The molecule has 1 amide bonds. The summed E-state index contributed by atoms with van der Waals surface area (Å²) in [6.45, 7) is 0.672. The lowest BCUT2D eigenvalue weighted by Crippen LogP contribution is -2.22. The van der Waals surface area contributed by atoms with Crippen LogP contribution in [0.1, 0.15) is 17.8 Å². The van der Waals surface area contributed by atoms with Crippen LogP contribution >= 0.6 is 11.3 Å². The number of nitrogens with two attached hydrogens (primary N) is 1. The molecule has 0 saturated carbocycles. The second kappa shape index (κ2) is 4.26. The number of nitrogen functional groups attached to an aromatic ring is 1. The molecule has 1 aliphatic heterocycles. The van der Waals surface area contributed by atoms with E-state index in [4.69, 9.17) is 5.73 Å². The first-order chi connectivity index (χ1) is 8.70. The second-order valence-corrected chi connectivity index (χ2v) is 4.81. The van der Waals surface area contributed by atoms with E-state index in [0.29, 0.717) is 24.0 Å². The Balaban J connectivity index is 1.81. The average molecular weight is 261 g/mol. The van der Waals surface area contributed by atoms with Crippen LogP contribution < -0.4 is 11.1 Å². The summed E-state index contributed by atoms with van der Waals surface area (Å²) in [6, 6.07) is 0. The molecule has 2 aromatic heterocycles. The standard InChI is InChI=1S/C11H11N5OS/c12-10-13-8(6-18-10)2-1-7-5-16-4-3-9(17)15-11(16)14-7/h1-2,5-6H,3-4H2,(H2,12,13)(H,14,15,17)/b2-1+. The lowest BCUT2D eigenvalue weighted by Gasteiger charge is -2.13. The van der Waals surface area contributed by atoms with E-state index < -0.39 is 0 Å². The number of nitrogens with zero attached hydrogens (tertiary/aromatic N) is 3. The zero-order valence-electron chi connectivity index (χ0n) is 9.46. The van der Waals surface area contributed by atoms with Crippen LogP contribution in [0.4, 0.5) is 11.1 Å². The van der Waals surface area contributed by atoms with Crippen LogP contribution in [0.3, 0.4) is 0 Å². The highest BCUT2D eigenvalue weighted by Crippen LogP contribution is 2.17. The van der Waals surface area contributed by atoms with Crippen molar-refractivity contribution in [3.05, 3.63) is 23.0 Å². The molecule has 1 aliphatic rings. The Kier molecular flexibility index (Phi) is 2.60. The molecule has 0 atom stereocenters. The molecular weight excluding hydrogens is 250 g/mol. The highest BCUT2D eigenvalue weighted by molar-refractivity contribution is 7.13. The third-order valence-corrected chi connectivity index (χ3v) is 3.28. The minimum Gasteiger partial charge on any atom is -0.375 e. The van der Waals surface area contributed by atoms with Gasteiger partial charge in [-0.25, -0.2) is 9.97 Å². The first-order valence-corrected chi connectivity index (χ1v) is 6.35. The minimum absolute atomic E-state index is 0.0101. The van der Waals surface area contributed by atoms with E-state index in [0.717, 1.165) is 11.4 Å². The molecule has 18 heavy (non-hydrogen) atoms. The van der Waals surface area contributed by atoms with Crippen molar-refractivity contribution in [2.24, 2.45) is 0 Å². The van der Waals surface area contributed by atoms with Crippen LogP contribution in [-0.2, 0) is 11.3 Å². The number of aryl methyl sites for hydroxylation is 1. The third kappa shape index (κ3) is 2.12. The predicted molar refractivity (Wildman–Crippen MR) is 70.9 cm³/mol. The Morgan fingerprint density at radius 1 is 1.39 bits per heavy atom. The summed E-state index contributed by atoms with van der Waals surface area (Å²) in [5.74, 6) is 0.611. The molecule has 3 heterocycles. The second-order valence-electron chi connectivity index (χ2n) is 3.92. The maximum Gasteiger partial charge on any atom is 0.228 e. The molecule has 0 aromatic carbocycles. The molecule has 0 saturated heterocycles. The molecule has 0 aliphatic carbocycles. The van der Waals surface area contributed by atoms with Gasteiger partial charge in [0, 0.05) is 24.5 Å². The Hall–Kier alpha value is -2.15. The molecule has 0 unspecified atom stereocenters. The predicted octanol–water partition coefficient (Wildman–Crippen LogP) is 1.43. The van der Waals surface area contributed by atoms with Gasteiger partial charge in [0.15, 0.2) is 5.13 Å². The van der Waals surface area contributed by atoms with Crippen LogP contribution in [0.2, 0.25) is 0 Å². The summed E-state index contributed by atoms with van der Waals surface area (Å²) in [6.07, 6.45) is 6.10. The zero-order chi connectivity index (χ0) is 12.5. The van der Waals surface area contributed by atoms with Gasteiger partial charge in [-0.3, -0.25) is 10.1 Å². The van der Waals surface area contributed by atoms with Crippen molar-refractivity contribution in [3.63, 3.8) is 0 Å². The monoisotopic (exact) mass is 261 g/mol. The summed E-state index contributed by atoms with van der Waals surface area (Å²) < 4.78 is 1.93. The molecule has 6 nitrogen and oxygen atoms in total. The third-order valence-electron chi connectivity index (χ3n) is 2.59. The number of hydrogen-bond acceptors (Lipinski definition) is 5. The van der Waals surface area contributed by atoms with Crippen molar-refractivity contribution in [1.82, 2.24) is 14.5 Å². The first-order valence-electron chi connectivity index (χ1n) is 5.47. The normalized spacial score (nSPS) is 14.8. The topological polar surface area (TPSA) is 85.8 Å². The quantitative estimate of drug-likeness (QED) is 0.856. The van der Waals surface area contributed by atoms with Crippen LogP contribution in [0.25, 0.3) is 12.2 Å². The molecule has 3 N–H and O–H groups in total. The summed E-state index contributed by atoms with van der Waals surface area (Å²) >= 11 is 1.40. The van der Waals surface area contributed by atoms with Crippen molar-refractivity contribution in [3.8, 4) is 0 Å². The van der Waals surface area contributed by atoms with E-state index in [9.17, 15) is 4.79 Å². The molecule has 2 aromatic rings. The number of carbonyl (C=O) groups excluding carboxylic acids is 1. The summed E-state index contributed by atoms with van der Waals surface area (Å²) in [5.41, 5.74) is 7.15. The highest BCUT2D eigenvalue weighted by atomic mass is 32.1. The number of nitrogens with one attached hydrogen (secondary N) is 1. The Morgan fingerprint density at radius 3 is 3.00 bits per heavy atom. The average Bonchev–Trinajstić information content (AvgIpc) is 2.92. The number of carbonyl (C=O) groups is 1.